The Kier molecular flexibility index (Phi) is 4.80. The van der Waals surface area contributed by atoms with Gasteiger partial charge in [0.15, 0.2) is 11.5 Å². The molecule has 0 bridgehead atoms. The maximum atomic E-state index is 12.7. The Bertz CT molecular complexity index is 806. The lowest BCUT2D eigenvalue weighted by molar-refractivity contribution is -0.126. The Hall–Kier alpha value is -2.53. The van der Waals surface area contributed by atoms with Gasteiger partial charge in [-0.15, -0.1) is 0 Å². The van der Waals surface area contributed by atoms with Crippen LogP contribution in [0.4, 0.5) is 0 Å². The summed E-state index contributed by atoms with van der Waals surface area (Å²) in [5.74, 6) is 1.54. The van der Waals surface area contributed by atoms with E-state index in [1.54, 1.807) is 0 Å². The third kappa shape index (κ3) is 3.40. The van der Waals surface area contributed by atoms with Crippen molar-refractivity contribution in [3.63, 3.8) is 0 Å². The monoisotopic (exact) mass is 352 g/mol. The van der Waals surface area contributed by atoms with Crippen molar-refractivity contribution in [2.75, 3.05) is 19.8 Å². The van der Waals surface area contributed by atoms with Gasteiger partial charge in [0.2, 0.25) is 5.91 Å². The highest BCUT2D eigenvalue weighted by molar-refractivity contribution is 5.81. The fourth-order valence-corrected chi connectivity index (χ4v) is 3.62. The minimum absolute atomic E-state index is 0.0405. The van der Waals surface area contributed by atoms with Gasteiger partial charge >= 0.3 is 0 Å². The summed E-state index contributed by atoms with van der Waals surface area (Å²) in [6.45, 7) is 5.26. The van der Waals surface area contributed by atoms with Crippen LogP contribution in [0.1, 0.15) is 23.6 Å². The fourth-order valence-electron chi connectivity index (χ4n) is 3.62. The number of hydrogen-bond acceptors (Lipinski definition) is 4. The molecule has 5 nitrogen and oxygen atoms in total. The van der Waals surface area contributed by atoms with Crippen LogP contribution in [0, 0.1) is 0 Å². The number of para-hydroxylation sites is 1. The number of nitrogens with zero attached hydrogens (tertiary/aromatic N) is 1. The number of rotatable bonds is 4. The van der Waals surface area contributed by atoms with E-state index in [0.717, 1.165) is 36.6 Å². The van der Waals surface area contributed by atoms with Crippen LogP contribution in [0.15, 0.2) is 42.5 Å². The van der Waals surface area contributed by atoms with E-state index in [1.807, 2.05) is 25.1 Å². The molecule has 0 aromatic heterocycles. The maximum absolute atomic E-state index is 12.7. The van der Waals surface area contributed by atoms with E-state index in [-0.39, 0.29) is 11.9 Å². The first-order valence-corrected chi connectivity index (χ1v) is 9.18. The summed E-state index contributed by atoms with van der Waals surface area (Å²) >= 11 is 0. The molecule has 136 valence electrons. The molecule has 0 saturated carbocycles. The minimum Gasteiger partial charge on any atom is -0.486 e. The molecule has 1 atom stereocenters. The van der Waals surface area contributed by atoms with Gasteiger partial charge in [-0.05, 0) is 30.5 Å². The summed E-state index contributed by atoms with van der Waals surface area (Å²) < 4.78 is 11.3. The second kappa shape index (κ2) is 7.38. The molecule has 1 amide bonds. The number of nitrogens with one attached hydrogen (secondary N) is 1. The lowest BCUT2D eigenvalue weighted by Crippen LogP contribution is -2.46. The number of ether oxygens (including phenoxy) is 2. The highest BCUT2D eigenvalue weighted by atomic mass is 16.6. The molecule has 2 aliphatic heterocycles. The van der Waals surface area contributed by atoms with Gasteiger partial charge in [-0.3, -0.25) is 9.69 Å². The van der Waals surface area contributed by atoms with Crippen molar-refractivity contribution in [3.8, 4) is 11.5 Å². The van der Waals surface area contributed by atoms with Crippen LogP contribution in [-0.2, 0) is 24.3 Å². The van der Waals surface area contributed by atoms with E-state index in [9.17, 15) is 4.79 Å². The summed E-state index contributed by atoms with van der Waals surface area (Å²) in [6.07, 6.45) is 0.991. The predicted octanol–water partition coefficient (Wildman–Crippen LogP) is 2.52. The Morgan fingerprint density at radius 3 is 2.81 bits per heavy atom. The van der Waals surface area contributed by atoms with Gasteiger partial charge in [0.25, 0.3) is 0 Å². The number of fused-ring (bicyclic) bond motifs is 2. The van der Waals surface area contributed by atoms with E-state index in [4.69, 9.17) is 9.47 Å². The van der Waals surface area contributed by atoms with Crippen LogP contribution in [0.5, 0.6) is 11.5 Å². The zero-order valence-electron chi connectivity index (χ0n) is 15.0. The van der Waals surface area contributed by atoms with Crippen molar-refractivity contribution in [2.24, 2.45) is 0 Å². The molecule has 0 fully saturated rings. The molecule has 0 aliphatic carbocycles. The quantitative estimate of drug-likeness (QED) is 0.919. The standard InChI is InChI=1S/C21H24N2O3/c1-15(23-10-9-16-5-2-3-6-18(16)14-23)21(24)22-13-17-7-4-8-19-20(17)26-12-11-25-19/h2-8,15H,9-14H2,1H3,(H,22,24). The van der Waals surface area contributed by atoms with E-state index in [1.165, 1.54) is 11.1 Å². The predicted molar refractivity (Wildman–Crippen MR) is 99.3 cm³/mol. The van der Waals surface area contributed by atoms with Gasteiger partial charge in [0.05, 0.1) is 6.04 Å². The third-order valence-electron chi connectivity index (χ3n) is 5.19. The molecule has 1 N–H and O–H groups in total. The van der Waals surface area contributed by atoms with Crippen molar-refractivity contribution in [2.45, 2.75) is 32.5 Å². The molecule has 5 heteroatoms. The SMILES string of the molecule is CC(C(=O)NCc1cccc2c1OCCO2)N1CCc2ccccc2C1. The van der Waals surface area contributed by atoms with E-state index < -0.39 is 0 Å². The first-order chi connectivity index (χ1) is 12.7. The van der Waals surface area contributed by atoms with Crippen LogP contribution in [0.25, 0.3) is 0 Å². The third-order valence-corrected chi connectivity index (χ3v) is 5.19. The Balaban J connectivity index is 1.38. The van der Waals surface area contributed by atoms with Crippen molar-refractivity contribution < 1.29 is 14.3 Å². The molecular weight excluding hydrogens is 328 g/mol. The van der Waals surface area contributed by atoms with E-state index in [0.29, 0.717) is 19.8 Å². The number of amides is 1. The van der Waals surface area contributed by atoms with E-state index >= 15 is 0 Å². The number of benzene rings is 2. The van der Waals surface area contributed by atoms with Crippen molar-refractivity contribution in [1.29, 1.82) is 0 Å². The van der Waals surface area contributed by atoms with Crippen molar-refractivity contribution >= 4 is 5.91 Å². The maximum Gasteiger partial charge on any atom is 0.237 e. The summed E-state index contributed by atoms with van der Waals surface area (Å²) in [4.78, 5) is 14.9. The summed E-state index contributed by atoms with van der Waals surface area (Å²) in [5.41, 5.74) is 3.66. The number of carbonyl (C=O) groups is 1. The fraction of sp³-hybridized carbons (Fsp3) is 0.381. The Labute approximate surface area is 153 Å². The second-order valence-electron chi connectivity index (χ2n) is 6.82. The molecule has 1 unspecified atom stereocenters. The molecular formula is C21H24N2O3. The molecule has 0 radical (unpaired) electrons. The van der Waals surface area contributed by atoms with Crippen molar-refractivity contribution in [1.82, 2.24) is 10.2 Å². The largest absolute Gasteiger partial charge is 0.486 e. The second-order valence-corrected chi connectivity index (χ2v) is 6.82. The molecule has 0 spiro atoms. The lowest BCUT2D eigenvalue weighted by atomic mass is 9.99. The summed E-state index contributed by atoms with van der Waals surface area (Å²) in [5, 5.41) is 3.05. The molecule has 2 heterocycles. The molecule has 2 aromatic carbocycles. The van der Waals surface area contributed by atoms with Crippen LogP contribution >= 0.6 is 0 Å². The van der Waals surface area contributed by atoms with Crippen LogP contribution in [-0.4, -0.2) is 36.6 Å². The topological polar surface area (TPSA) is 50.8 Å². The minimum atomic E-state index is -0.167. The van der Waals surface area contributed by atoms with E-state index in [2.05, 4.69) is 34.5 Å². The van der Waals surface area contributed by atoms with Crippen LogP contribution < -0.4 is 14.8 Å². The van der Waals surface area contributed by atoms with Gasteiger partial charge in [0, 0.05) is 25.2 Å². The smallest absolute Gasteiger partial charge is 0.237 e. The first kappa shape index (κ1) is 16.9. The van der Waals surface area contributed by atoms with Crippen LogP contribution in [0.2, 0.25) is 0 Å². The Morgan fingerprint density at radius 2 is 1.92 bits per heavy atom. The number of hydrogen-bond donors (Lipinski definition) is 1. The lowest BCUT2D eigenvalue weighted by Gasteiger charge is -2.33. The van der Waals surface area contributed by atoms with Gasteiger partial charge < -0.3 is 14.8 Å². The highest BCUT2D eigenvalue weighted by Crippen LogP contribution is 2.33. The average molecular weight is 352 g/mol. The average Bonchev–Trinajstić information content (AvgIpc) is 2.71. The molecule has 4 rings (SSSR count). The van der Waals surface area contributed by atoms with Gasteiger partial charge in [-0.2, -0.15) is 0 Å². The van der Waals surface area contributed by atoms with Crippen molar-refractivity contribution in [3.05, 3.63) is 59.2 Å². The number of carbonyl (C=O) groups excluding carboxylic acids is 1. The normalized spacial score (nSPS) is 17.3. The van der Waals surface area contributed by atoms with Gasteiger partial charge in [-0.25, -0.2) is 0 Å². The zero-order chi connectivity index (χ0) is 17.9. The van der Waals surface area contributed by atoms with Crippen LogP contribution in [0.3, 0.4) is 0 Å². The molecule has 26 heavy (non-hydrogen) atoms. The molecule has 0 saturated heterocycles. The molecule has 2 aromatic rings. The van der Waals surface area contributed by atoms with Gasteiger partial charge in [-0.1, -0.05) is 36.4 Å². The Morgan fingerprint density at radius 1 is 1.12 bits per heavy atom. The van der Waals surface area contributed by atoms with Gasteiger partial charge in [0.1, 0.15) is 13.2 Å². The first-order valence-electron chi connectivity index (χ1n) is 9.18. The highest BCUT2D eigenvalue weighted by Gasteiger charge is 2.25. The summed E-state index contributed by atoms with van der Waals surface area (Å²) in [6, 6.07) is 14.1. The summed E-state index contributed by atoms with van der Waals surface area (Å²) in [7, 11) is 0. The molecule has 2 aliphatic rings. The zero-order valence-corrected chi connectivity index (χ0v) is 15.0.